The van der Waals surface area contributed by atoms with Crippen molar-refractivity contribution in [2.45, 2.75) is 24.9 Å². The molecule has 0 spiro atoms. The number of ether oxygens (including phenoxy) is 1. The first-order valence-electron chi connectivity index (χ1n) is 8.85. The molecule has 1 aliphatic rings. The Morgan fingerprint density at radius 1 is 1.36 bits per heavy atom. The number of methoxy groups -OCH3 is 1. The lowest BCUT2D eigenvalue weighted by Crippen LogP contribution is -2.56. The van der Waals surface area contributed by atoms with E-state index in [1.165, 1.54) is 17.9 Å². The van der Waals surface area contributed by atoms with Crippen LogP contribution in [-0.4, -0.2) is 49.7 Å². The van der Waals surface area contributed by atoms with E-state index in [9.17, 15) is 4.79 Å². The number of nitrogens with one attached hydrogen (secondary N) is 1. The molecule has 2 aromatic rings. The maximum absolute atomic E-state index is 12.4. The zero-order chi connectivity index (χ0) is 17.6. The van der Waals surface area contributed by atoms with Gasteiger partial charge in [0.2, 0.25) is 0 Å². The minimum absolute atomic E-state index is 0.160. The van der Waals surface area contributed by atoms with Gasteiger partial charge in [-0.2, -0.15) is 0 Å². The molecule has 0 saturated carbocycles. The molecule has 132 valence electrons. The van der Waals surface area contributed by atoms with Crippen molar-refractivity contribution in [3.05, 3.63) is 60.7 Å². The van der Waals surface area contributed by atoms with Gasteiger partial charge in [0.05, 0.1) is 7.11 Å². The molecule has 0 bridgehead atoms. The van der Waals surface area contributed by atoms with Crippen LogP contribution in [0.25, 0.3) is 10.8 Å². The highest BCUT2D eigenvalue weighted by Crippen LogP contribution is 2.19. The van der Waals surface area contributed by atoms with E-state index in [2.05, 4.69) is 47.1 Å². The fourth-order valence-corrected chi connectivity index (χ4v) is 3.58. The van der Waals surface area contributed by atoms with Crippen LogP contribution in [-0.2, 0) is 16.0 Å². The minimum Gasteiger partial charge on any atom is -0.468 e. The number of rotatable bonds is 6. The summed E-state index contributed by atoms with van der Waals surface area (Å²) >= 11 is 0. The van der Waals surface area contributed by atoms with Crippen LogP contribution in [0.4, 0.5) is 0 Å². The Hall–Kier alpha value is -2.17. The number of carbonyl (C=O) groups excluding carboxylic acids is 1. The number of fused-ring (bicyclic) bond motifs is 1. The fraction of sp³-hybridized carbons (Fsp3) is 0.381. The van der Waals surface area contributed by atoms with E-state index in [-0.39, 0.29) is 12.0 Å². The summed E-state index contributed by atoms with van der Waals surface area (Å²) in [5.74, 6) is -0.160. The highest BCUT2D eigenvalue weighted by atomic mass is 16.5. The number of carbonyl (C=O) groups is 1. The molecule has 1 N–H and O–H groups in total. The van der Waals surface area contributed by atoms with Crippen LogP contribution < -0.4 is 5.32 Å². The summed E-state index contributed by atoms with van der Waals surface area (Å²) in [7, 11) is 1.47. The molecule has 0 aliphatic carbocycles. The Morgan fingerprint density at radius 2 is 2.16 bits per heavy atom. The molecule has 4 nitrogen and oxygen atoms in total. The van der Waals surface area contributed by atoms with E-state index in [1.807, 2.05) is 18.2 Å². The summed E-state index contributed by atoms with van der Waals surface area (Å²) in [6.07, 6.45) is 3.50. The van der Waals surface area contributed by atoms with Crippen molar-refractivity contribution in [1.82, 2.24) is 10.2 Å². The molecule has 2 aromatic carbocycles. The number of esters is 1. The van der Waals surface area contributed by atoms with Gasteiger partial charge in [0.25, 0.3) is 0 Å². The molecule has 3 rings (SSSR count). The number of nitrogens with zero attached hydrogens (tertiary/aromatic N) is 1. The molecule has 1 saturated heterocycles. The SMILES string of the molecule is C=CC[C@H]1CN([C@@H](Cc2ccc3ccccc3c2)C(=O)OC)CCN1. The highest BCUT2D eigenvalue weighted by Gasteiger charge is 2.30. The Bertz CT molecular complexity index is 744. The summed E-state index contributed by atoms with van der Waals surface area (Å²) < 4.78 is 5.10. The molecule has 1 fully saturated rings. The summed E-state index contributed by atoms with van der Waals surface area (Å²) in [4.78, 5) is 14.7. The average Bonchev–Trinajstić information content (AvgIpc) is 2.66. The van der Waals surface area contributed by atoms with Gasteiger partial charge < -0.3 is 10.1 Å². The van der Waals surface area contributed by atoms with Crippen LogP contribution in [0, 0.1) is 0 Å². The van der Waals surface area contributed by atoms with Crippen molar-refractivity contribution in [2.24, 2.45) is 0 Å². The van der Waals surface area contributed by atoms with Crippen molar-refractivity contribution >= 4 is 16.7 Å². The molecule has 25 heavy (non-hydrogen) atoms. The maximum Gasteiger partial charge on any atom is 0.323 e. The minimum atomic E-state index is -0.249. The first kappa shape index (κ1) is 17.6. The van der Waals surface area contributed by atoms with E-state index in [4.69, 9.17) is 4.74 Å². The predicted octanol–water partition coefficient (Wildman–Crippen LogP) is 2.77. The first-order chi connectivity index (χ1) is 12.2. The second-order valence-corrected chi connectivity index (χ2v) is 6.59. The first-order valence-corrected chi connectivity index (χ1v) is 8.85. The molecule has 0 amide bonds. The molecule has 1 heterocycles. The van der Waals surface area contributed by atoms with E-state index < -0.39 is 0 Å². The van der Waals surface area contributed by atoms with Crippen molar-refractivity contribution in [1.29, 1.82) is 0 Å². The van der Waals surface area contributed by atoms with E-state index >= 15 is 0 Å². The highest BCUT2D eigenvalue weighted by molar-refractivity contribution is 5.83. The number of piperazine rings is 1. The average molecular weight is 338 g/mol. The lowest BCUT2D eigenvalue weighted by Gasteiger charge is -2.37. The Balaban J connectivity index is 1.80. The molecule has 0 radical (unpaired) electrons. The van der Waals surface area contributed by atoms with Gasteiger partial charge in [-0.25, -0.2) is 0 Å². The van der Waals surface area contributed by atoms with Crippen LogP contribution in [0.2, 0.25) is 0 Å². The van der Waals surface area contributed by atoms with Crippen molar-refractivity contribution in [3.63, 3.8) is 0 Å². The molecule has 1 aliphatic heterocycles. The standard InChI is InChI=1S/C21H26N2O2/c1-3-6-19-15-23(12-11-22-19)20(21(24)25-2)14-16-9-10-17-7-4-5-8-18(17)13-16/h3-5,7-10,13,19-20,22H,1,6,11-12,14-15H2,2H3/t19-,20-/m0/s1. The lowest BCUT2D eigenvalue weighted by molar-refractivity contribution is -0.147. The number of benzene rings is 2. The quantitative estimate of drug-likeness (QED) is 0.650. The van der Waals surface area contributed by atoms with E-state index in [1.54, 1.807) is 0 Å². The zero-order valence-corrected chi connectivity index (χ0v) is 14.8. The number of hydrogen-bond donors (Lipinski definition) is 1. The van der Waals surface area contributed by atoms with Gasteiger partial charge in [-0.05, 0) is 29.2 Å². The van der Waals surface area contributed by atoms with Crippen LogP contribution in [0.15, 0.2) is 55.1 Å². The summed E-state index contributed by atoms with van der Waals surface area (Å²) in [5.41, 5.74) is 1.16. The van der Waals surface area contributed by atoms with Gasteiger partial charge in [0.15, 0.2) is 0 Å². The smallest absolute Gasteiger partial charge is 0.323 e. The monoisotopic (exact) mass is 338 g/mol. The topological polar surface area (TPSA) is 41.6 Å². The second kappa shape index (κ2) is 8.28. The normalized spacial score (nSPS) is 19.5. The van der Waals surface area contributed by atoms with Gasteiger partial charge in [0, 0.05) is 25.7 Å². The van der Waals surface area contributed by atoms with Crippen LogP contribution >= 0.6 is 0 Å². The molecule has 0 aromatic heterocycles. The predicted molar refractivity (Wildman–Crippen MR) is 102 cm³/mol. The van der Waals surface area contributed by atoms with Crippen molar-refractivity contribution < 1.29 is 9.53 Å². The summed E-state index contributed by atoms with van der Waals surface area (Å²) in [6, 6.07) is 14.8. The molecule has 4 heteroatoms. The second-order valence-electron chi connectivity index (χ2n) is 6.59. The summed E-state index contributed by atoms with van der Waals surface area (Å²) in [5, 5.41) is 5.90. The lowest BCUT2D eigenvalue weighted by atomic mass is 9.99. The largest absolute Gasteiger partial charge is 0.468 e. The van der Waals surface area contributed by atoms with Crippen molar-refractivity contribution in [3.8, 4) is 0 Å². The van der Waals surface area contributed by atoms with Gasteiger partial charge in [-0.3, -0.25) is 9.69 Å². The van der Waals surface area contributed by atoms with Gasteiger partial charge in [-0.1, -0.05) is 48.5 Å². The zero-order valence-electron chi connectivity index (χ0n) is 14.8. The van der Waals surface area contributed by atoms with Crippen molar-refractivity contribution in [2.75, 3.05) is 26.7 Å². The van der Waals surface area contributed by atoms with Crippen LogP contribution in [0.5, 0.6) is 0 Å². The third-order valence-electron chi connectivity index (χ3n) is 4.90. The Labute approximate surface area is 149 Å². The Morgan fingerprint density at radius 3 is 2.92 bits per heavy atom. The number of hydrogen-bond acceptors (Lipinski definition) is 4. The third-order valence-corrected chi connectivity index (χ3v) is 4.90. The van der Waals surface area contributed by atoms with Crippen LogP contribution in [0.3, 0.4) is 0 Å². The van der Waals surface area contributed by atoms with Gasteiger partial charge in [0.1, 0.15) is 6.04 Å². The molecule has 0 unspecified atom stereocenters. The Kier molecular flexibility index (Phi) is 5.84. The summed E-state index contributed by atoms with van der Waals surface area (Å²) in [6.45, 7) is 6.38. The van der Waals surface area contributed by atoms with E-state index in [0.29, 0.717) is 12.5 Å². The molecular weight excluding hydrogens is 312 g/mol. The fourth-order valence-electron chi connectivity index (χ4n) is 3.58. The third kappa shape index (κ3) is 4.27. The molecular formula is C21H26N2O2. The maximum atomic E-state index is 12.4. The molecule has 2 atom stereocenters. The van der Waals surface area contributed by atoms with Crippen LogP contribution in [0.1, 0.15) is 12.0 Å². The van der Waals surface area contributed by atoms with Gasteiger partial charge >= 0.3 is 5.97 Å². The van der Waals surface area contributed by atoms with E-state index in [0.717, 1.165) is 31.6 Å². The van der Waals surface area contributed by atoms with Gasteiger partial charge in [-0.15, -0.1) is 6.58 Å².